The zero-order chi connectivity index (χ0) is 15.1. The third kappa shape index (κ3) is 1.04. The van der Waals surface area contributed by atoms with Crippen molar-refractivity contribution in [3.63, 3.8) is 0 Å². The molecule has 4 heteroatoms. The quantitative estimate of drug-likeness (QED) is 0.599. The van der Waals surface area contributed by atoms with Gasteiger partial charge in [0.25, 0.3) is 0 Å². The number of para-hydroxylation sites is 1. The lowest BCUT2D eigenvalue weighted by atomic mass is 9.83. The van der Waals surface area contributed by atoms with Gasteiger partial charge in [0.2, 0.25) is 5.79 Å². The van der Waals surface area contributed by atoms with Crippen LogP contribution in [0.4, 0.5) is 0 Å². The summed E-state index contributed by atoms with van der Waals surface area (Å²) < 4.78 is 17.3. The van der Waals surface area contributed by atoms with E-state index in [-0.39, 0.29) is 5.97 Å². The molecule has 5 rings (SSSR count). The van der Waals surface area contributed by atoms with E-state index < -0.39 is 17.1 Å². The highest BCUT2D eigenvalue weighted by atomic mass is 16.7. The van der Waals surface area contributed by atoms with Crippen LogP contribution >= 0.6 is 0 Å². The van der Waals surface area contributed by atoms with E-state index in [4.69, 9.17) is 14.2 Å². The Morgan fingerprint density at radius 2 is 1.91 bits per heavy atom. The first-order chi connectivity index (χ1) is 10.6. The zero-order valence-corrected chi connectivity index (χ0v) is 12.3. The highest BCUT2D eigenvalue weighted by Crippen LogP contribution is 2.76. The van der Waals surface area contributed by atoms with E-state index in [9.17, 15) is 4.79 Å². The van der Waals surface area contributed by atoms with Gasteiger partial charge >= 0.3 is 5.97 Å². The molecule has 3 unspecified atom stereocenters. The second-order valence-corrected chi connectivity index (χ2v) is 6.13. The van der Waals surface area contributed by atoms with Crippen LogP contribution in [0.5, 0.6) is 11.5 Å². The highest BCUT2D eigenvalue weighted by molar-refractivity contribution is 5.92. The fourth-order valence-corrected chi connectivity index (χ4v) is 4.30. The normalized spacial score (nSPS) is 33.0. The number of hydrogen-bond acceptors (Lipinski definition) is 4. The summed E-state index contributed by atoms with van der Waals surface area (Å²) in [5.74, 6) is -0.331. The SMILES string of the molecule is COC12Oc3ccc(C)cc3C13c1ccccc1OC(=O)C23. The fraction of sp³-hybridized carbons (Fsp3) is 0.278. The number of methoxy groups -OCH3 is 1. The van der Waals surface area contributed by atoms with Crippen molar-refractivity contribution < 1.29 is 19.0 Å². The minimum Gasteiger partial charge on any atom is -0.460 e. The second kappa shape index (κ2) is 3.52. The minimum atomic E-state index is -0.979. The molecule has 1 saturated carbocycles. The lowest BCUT2D eigenvalue weighted by molar-refractivity contribution is -0.145. The number of rotatable bonds is 1. The Balaban J connectivity index is 1.88. The average molecular weight is 294 g/mol. The van der Waals surface area contributed by atoms with E-state index in [1.54, 1.807) is 7.11 Å². The van der Waals surface area contributed by atoms with E-state index in [1.165, 1.54) is 0 Å². The first-order valence-corrected chi connectivity index (χ1v) is 7.31. The molecule has 0 N–H and O–H groups in total. The van der Waals surface area contributed by atoms with Crippen LogP contribution in [0.1, 0.15) is 16.7 Å². The summed E-state index contributed by atoms with van der Waals surface area (Å²) in [6, 6.07) is 13.7. The van der Waals surface area contributed by atoms with Crippen LogP contribution in [0, 0.1) is 12.8 Å². The Morgan fingerprint density at radius 3 is 2.73 bits per heavy atom. The van der Waals surface area contributed by atoms with Gasteiger partial charge in [0.05, 0.1) is 0 Å². The van der Waals surface area contributed by atoms with Crippen molar-refractivity contribution in [3.05, 3.63) is 59.2 Å². The lowest BCUT2D eigenvalue weighted by Crippen LogP contribution is -2.27. The molecule has 110 valence electrons. The maximum absolute atomic E-state index is 12.5. The Bertz CT molecular complexity index is 843. The maximum atomic E-state index is 12.5. The summed E-state index contributed by atoms with van der Waals surface area (Å²) in [5.41, 5.74) is 2.52. The molecule has 4 nitrogen and oxygen atoms in total. The van der Waals surface area contributed by atoms with Crippen molar-refractivity contribution in [2.24, 2.45) is 5.92 Å². The molecule has 0 amide bonds. The summed E-state index contributed by atoms with van der Waals surface area (Å²) in [6.07, 6.45) is 0. The van der Waals surface area contributed by atoms with Crippen LogP contribution < -0.4 is 9.47 Å². The van der Waals surface area contributed by atoms with E-state index >= 15 is 0 Å². The van der Waals surface area contributed by atoms with Gasteiger partial charge in [0, 0.05) is 18.2 Å². The van der Waals surface area contributed by atoms with Crippen molar-refractivity contribution in [2.75, 3.05) is 7.11 Å². The first-order valence-electron chi connectivity index (χ1n) is 7.31. The zero-order valence-electron chi connectivity index (χ0n) is 12.3. The van der Waals surface area contributed by atoms with E-state index in [2.05, 4.69) is 6.07 Å². The largest absolute Gasteiger partial charge is 0.460 e. The van der Waals surface area contributed by atoms with Gasteiger partial charge in [0.15, 0.2) is 0 Å². The lowest BCUT2D eigenvalue weighted by Gasteiger charge is -2.22. The van der Waals surface area contributed by atoms with Gasteiger partial charge in [0.1, 0.15) is 22.8 Å². The monoisotopic (exact) mass is 294 g/mol. The average Bonchev–Trinajstić information content (AvgIpc) is 3.05. The van der Waals surface area contributed by atoms with Crippen LogP contribution in [0.2, 0.25) is 0 Å². The fourth-order valence-electron chi connectivity index (χ4n) is 4.30. The summed E-state index contributed by atoms with van der Waals surface area (Å²) in [5, 5.41) is 0. The molecule has 0 radical (unpaired) electrons. The molecule has 2 aromatic carbocycles. The minimum absolute atomic E-state index is 0.285. The van der Waals surface area contributed by atoms with Gasteiger partial charge in [-0.25, -0.2) is 0 Å². The van der Waals surface area contributed by atoms with Crippen LogP contribution in [-0.4, -0.2) is 18.9 Å². The number of carbonyl (C=O) groups is 1. The molecule has 3 aliphatic rings. The van der Waals surface area contributed by atoms with E-state index in [0.717, 1.165) is 22.4 Å². The number of carbonyl (C=O) groups excluding carboxylic acids is 1. The predicted molar refractivity (Wildman–Crippen MR) is 77.9 cm³/mol. The molecule has 3 atom stereocenters. The third-order valence-electron chi connectivity index (χ3n) is 5.16. The third-order valence-corrected chi connectivity index (χ3v) is 5.16. The molecule has 1 spiro atoms. The standard InChI is InChI=1S/C18H14O4/c1-10-7-8-14-12(9-10)17-11-5-3-4-6-13(11)21-16(19)15(17)18(17,20-2)22-14/h3-9,15H,1-2H3. The molecule has 0 aromatic heterocycles. The van der Waals surface area contributed by atoms with Crippen molar-refractivity contribution in [1.82, 2.24) is 0 Å². The molecule has 2 heterocycles. The van der Waals surface area contributed by atoms with Crippen LogP contribution in [0.25, 0.3) is 0 Å². The van der Waals surface area contributed by atoms with E-state index in [0.29, 0.717) is 5.75 Å². The van der Waals surface area contributed by atoms with Crippen molar-refractivity contribution in [3.8, 4) is 11.5 Å². The van der Waals surface area contributed by atoms with E-state index in [1.807, 2.05) is 43.3 Å². The molecule has 0 saturated heterocycles. The van der Waals surface area contributed by atoms with Gasteiger partial charge in [-0.3, -0.25) is 4.79 Å². The van der Waals surface area contributed by atoms with Gasteiger partial charge in [-0.05, 0) is 19.1 Å². The number of esters is 1. The van der Waals surface area contributed by atoms with Crippen molar-refractivity contribution in [2.45, 2.75) is 18.1 Å². The molecule has 22 heavy (non-hydrogen) atoms. The summed E-state index contributed by atoms with van der Waals surface area (Å²) in [4.78, 5) is 12.5. The molecule has 2 aliphatic heterocycles. The van der Waals surface area contributed by atoms with Gasteiger partial charge in [-0.15, -0.1) is 0 Å². The summed E-state index contributed by atoms with van der Waals surface area (Å²) >= 11 is 0. The Labute approximate surface area is 127 Å². The van der Waals surface area contributed by atoms with Gasteiger partial charge in [-0.1, -0.05) is 35.9 Å². The number of benzene rings is 2. The Morgan fingerprint density at radius 1 is 1.09 bits per heavy atom. The molecule has 0 bridgehead atoms. The molecule has 1 fully saturated rings. The van der Waals surface area contributed by atoms with Crippen molar-refractivity contribution in [1.29, 1.82) is 0 Å². The number of aryl methyl sites for hydroxylation is 1. The molecular formula is C18H14O4. The van der Waals surface area contributed by atoms with Crippen LogP contribution in [0.3, 0.4) is 0 Å². The van der Waals surface area contributed by atoms with Crippen molar-refractivity contribution >= 4 is 5.97 Å². The van der Waals surface area contributed by atoms with Crippen LogP contribution in [-0.2, 0) is 14.9 Å². The Kier molecular flexibility index (Phi) is 1.96. The van der Waals surface area contributed by atoms with Crippen LogP contribution in [0.15, 0.2) is 42.5 Å². The maximum Gasteiger partial charge on any atom is 0.322 e. The first kappa shape index (κ1) is 12.2. The van der Waals surface area contributed by atoms with Gasteiger partial charge < -0.3 is 14.2 Å². The molecule has 1 aliphatic carbocycles. The highest BCUT2D eigenvalue weighted by Gasteiger charge is 2.91. The molecular weight excluding hydrogens is 280 g/mol. The van der Waals surface area contributed by atoms with Gasteiger partial charge in [-0.2, -0.15) is 0 Å². The Hall–Kier alpha value is -2.33. The number of fused-ring (bicyclic) bond motifs is 3. The summed E-state index contributed by atoms with van der Waals surface area (Å²) in [6.45, 7) is 2.04. The smallest absolute Gasteiger partial charge is 0.322 e. The number of ether oxygens (including phenoxy) is 3. The summed E-state index contributed by atoms with van der Waals surface area (Å²) in [7, 11) is 1.59. The predicted octanol–water partition coefficient (Wildman–Crippen LogP) is 2.57. The topological polar surface area (TPSA) is 44.8 Å². The molecule has 2 aromatic rings. The number of hydrogen-bond donors (Lipinski definition) is 0. The second-order valence-electron chi connectivity index (χ2n) is 6.13.